The predicted octanol–water partition coefficient (Wildman–Crippen LogP) is 9.77. The third kappa shape index (κ3) is 19.6. The molecule has 1 heterocycles. The molecular weight excluding hydrogens is 458 g/mol. The molecule has 1 aliphatic heterocycles. The second-order valence-electron chi connectivity index (χ2n) is 10.8. The minimum atomic E-state index is -0.341. The fourth-order valence-corrected chi connectivity index (χ4v) is 4.62. The van der Waals surface area contributed by atoms with E-state index in [0.29, 0.717) is 19.8 Å². The van der Waals surface area contributed by atoms with Gasteiger partial charge in [-0.15, -0.1) is 0 Å². The van der Waals surface area contributed by atoms with E-state index in [1.165, 1.54) is 96.3 Å². The van der Waals surface area contributed by atoms with Crippen LogP contribution < -0.4 is 0 Å². The van der Waals surface area contributed by atoms with E-state index in [-0.39, 0.29) is 5.54 Å². The molecule has 0 saturated heterocycles. The monoisotopic (exact) mass is 519 g/mol. The minimum Gasteiger partial charge on any atom is -0.478 e. The summed E-state index contributed by atoms with van der Waals surface area (Å²) >= 11 is 0. The summed E-state index contributed by atoms with van der Waals surface area (Å²) in [5, 5.41) is 0. The van der Waals surface area contributed by atoms with E-state index in [9.17, 15) is 0 Å². The van der Waals surface area contributed by atoms with E-state index in [1.54, 1.807) is 0 Å². The zero-order valence-electron chi connectivity index (χ0n) is 25.0. The van der Waals surface area contributed by atoms with Crippen molar-refractivity contribution >= 4 is 5.90 Å². The van der Waals surface area contributed by atoms with Crippen LogP contribution in [-0.2, 0) is 14.2 Å². The van der Waals surface area contributed by atoms with Crippen molar-refractivity contribution in [3.8, 4) is 0 Å². The molecule has 37 heavy (non-hydrogen) atoms. The molecule has 216 valence electrons. The first-order valence-corrected chi connectivity index (χ1v) is 15.9. The lowest BCUT2D eigenvalue weighted by Gasteiger charge is -2.24. The molecule has 0 amide bonds. The van der Waals surface area contributed by atoms with Crippen LogP contribution in [0.25, 0.3) is 0 Å². The maximum atomic E-state index is 6.07. The van der Waals surface area contributed by atoms with Gasteiger partial charge in [-0.1, -0.05) is 116 Å². The van der Waals surface area contributed by atoms with Crippen molar-refractivity contribution in [1.29, 1.82) is 0 Å². The van der Waals surface area contributed by atoms with E-state index >= 15 is 0 Å². The first-order valence-electron chi connectivity index (χ1n) is 15.9. The van der Waals surface area contributed by atoms with Crippen LogP contribution in [0.5, 0.6) is 0 Å². The van der Waals surface area contributed by atoms with Crippen molar-refractivity contribution in [1.82, 2.24) is 0 Å². The maximum absolute atomic E-state index is 6.07. The van der Waals surface area contributed by atoms with E-state index in [2.05, 4.69) is 45.1 Å². The second kappa shape index (κ2) is 25.2. The van der Waals surface area contributed by atoms with Gasteiger partial charge in [-0.2, -0.15) is 0 Å². The van der Waals surface area contributed by atoms with E-state index in [0.717, 1.165) is 44.8 Å². The Morgan fingerprint density at radius 3 is 1.68 bits per heavy atom. The van der Waals surface area contributed by atoms with Gasteiger partial charge >= 0.3 is 0 Å². The molecule has 0 radical (unpaired) electrons. The topological polar surface area (TPSA) is 40.0 Å². The fraction of sp³-hybridized carbons (Fsp3) is 0.848. The molecule has 0 N–H and O–H groups in total. The van der Waals surface area contributed by atoms with Gasteiger partial charge < -0.3 is 14.2 Å². The Labute approximate surface area is 230 Å². The third-order valence-electron chi connectivity index (χ3n) is 7.04. The summed E-state index contributed by atoms with van der Waals surface area (Å²) < 4.78 is 17.9. The molecule has 1 unspecified atom stereocenters. The molecule has 1 aliphatic rings. The molecule has 0 spiro atoms. The van der Waals surface area contributed by atoms with Crippen LogP contribution in [0.15, 0.2) is 29.3 Å². The molecule has 4 nitrogen and oxygen atoms in total. The van der Waals surface area contributed by atoms with Gasteiger partial charge in [0.25, 0.3) is 0 Å². The predicted molar refractivity (Wildman–Crippen MR) is 161 cm³/mol. The van der Waals surface area contributed by atoms with Crippen LogP contribution in [-0.4, -0.2) is 44.5 Å². The fourth-order valence-electron chi connectivity index (χ4n) is 4.62. The highest BCUT2D eigenvalue weighted by Gasteiger charge is 2.37. The van der Waals surface area contributed by atoms with Gasteiger partial charge in [-0.3, -0.25) is 0 Å². The molecule has 0 fully saturated rings. The highest BCUT2D eigenvalue weighted by Crippen LogP contribution is 2.22. The van der Waals surface area contributed by atoms with Crippen LogP contribution in [0.3, 0.4) is 0 Å². The lowest BCUT2D eigenvalue weighted by atomic mass is 10.1. The maximum Gasteiger partial charge on any atom is 0.183 e. The van der Waals surface area contributed by atoms with Crippen molar-refractivity contribution < 1.29 is 14.2 Å². The third-order valence-corrected chi connectivity index (χ3v) is 7.04. The number of unbranched alkanes of at least 4 members (excludes halogenated alkanes) is 14. The van der Waals surface area contributed by atoms with Gasteiger partial charge in [0, 0.05) is 19.6 Å². The van der Waals surface area contributed by atoms with Gasteiger partial charge in [0.2, 0.25) is 0 Å². The van der Waals surface area contributed by atoms with Crippen molar-refractivity contribution in [3.63, 3.8) is 0 Å². The van der Waals surface area contributed by atoms with E-state index < -0.39 is 0 Å². The largest absolute Gasteiger partial charge is 0.478 e. The summed E-state index contributed by atoms with van der Waals surface area (Å²) in [5.41, 5.74) is -0.341. The van der Waals surface area contributed by atoms with Crippen molar-refractivity contribution in [3.05, 3.63) is 24.3 Å². The molecule has 0 aromatic heterocycles. The average molecular weight is 520 g/mol. The molecule has 1 atom stereocenters. The Hall–Kier alpha value is -1.13. The minimum absolute atomic E-state index is 0.341. The first kappa shape index (κ1) is 33.9. The highest BCUT2D eigenvalue weighted by atomic mass is 16.5. The highest BCUT2D eigenvalue weighted by molar-refractivity contribution is 5.77. The number of nitrogens with zero attached hydrogens (tertiary/aromatic N) is 1. The number of hydrogen-bond acceptors (Lipinski definition) is 4. The van der Waals surface area contributed by atoms with Gasteiger partial charge in [0.05, 0.1) is 13.2 Å². The van der Waals surface area contributed by atoms with Crippen LogP contribution in [0.2, 0.25) is 0 Å². The van der Waals surface area contributed by atoms with E-state index in [1.807, 2.05) is 0 Å². The zero-order valence-corrected chi connectivity index (χ0v) is 25.0. The summed E-state index contributed by atoms with van der Waals surface area (Å²) in [6.45, 7) is 10.0. The lowest BCUT2D eigenvalue weighted by Crippen LogP contribution is -2.40. The van der Waals surface area contributed by atoms with Crippen LogP contribution in [0, 0.1) is 0 Å². The van der Waals surface area contributed by atoms with Crippen LogP contribution >= 0.6 is 0 Å². The quantitative estimate of drug-likeness (QED) is 0.0800. The number of allylic oxidation sites excluding steroid dienone is 4. The Bertz CT molecular complexity index is 586. The Morgan fingerprint density at radius 1 is 0.649 bits per heavy atom. The SMILES string of the molecule is CCCCC/C=C\C/C=C\CCCCCCCCOCC1(COCCCCCCCC)COC(CC)=N1. The van der Waals surface area contributed by atoms with Crippen molar-refractivity contribution in [2.24, 2.45) is 4.99 Å². The molecule has 0 bridgehead atoms. The van der Waals surface area contributed by atoms with Crippen molar-refractivity contribution in [2.75, 3.05) is 33.0 Å². The van der Waals surface area contributed by atoms with Gasteiger partial charge in [-0.05, 0) is 44.9 Å². The molecule has 0 aromatic rings. The number of rotatable bonds is 27. The van der Waals surface area contributed by atoms with Gasteiger partial charge in [-0.25, -0.2) is 4.99 Å². The molecule has 0 aromatic carbocycles. The Morgan fingerprint density at radius 2 is 1.14 bits per heavy atom. The molecule has 0 aliphatic carbocycles. The van der Waals surface area contributed by atoms with Gasteiger partial charge in [0.1, 0.15) is 12.1 Å². The van der Waals surface area contributed by atoms with E-state index in [4.69, 9.17) is 19.2 Å². The Kier molecular flexibility index (Phi) is 23.1. The molecule has 4 heteroatoms. The smallest absolute Gasteiger partial charge is 0.183 e. The van der Waals surface area contributed by atoms with Crippen LogP contribution in [0.1, 0.15) is 143 Å². The first-order chi connectivity index (χ1) is 18.3. The molecule has 0 saturated carbocycles. The van der Waals surface area contributed by atoms with Gasteiger partial charge in [0.15, 0.2) is 5.90 Å². The standard InChI is InChI=1S/C33H61NO3/c1-4-7-9-11-13-14-15-16-17-18-19-20-21-22-24-26-28-36-30-33(31-37-32(6-3)34-33)29-35-27-25-23-12-10-8-5-2/h13-14,16-17H,4-12,15,18-31H2,1-3H3/b14-13-,17-16-. The summed E-state index contributed by atoms with van der Waals surface area (Å²) in [6.07, 6.45) is 33.1. The summed E-state index contributed by atoms with van der Waals surface area (Å²) in [5.74, 6) is 0.848. The van der Waals surface area contributed by atoms with Crippen LogP contribution in [0.4, 0.5) is 0 Å². The average Bonchev–Trinajstić information content (AvgIpc) is 3.33. The lowest BCUT2D eigenvalue weighted by molar-refractivity contribution is 0.0114. The summed E-state index contributed by atoms with van der Waals surface area (Å²) in [4.78, 5) is 4.85. The summed E-state index contributed by atoms with van der Waals surface area (Å²) in [6, 6.07) is 0. The number of ether oxygens (including phenoxy) is 3. The number of hydrogen-bond donors (Lipinski definition) is 0. The number of aliphatic imine (C=N–C) groups is 1. The second-order valence-corrected chi connectivity index (χ2v) is 10.8. The van der Waals surface area contributed by atoms with Crippen molar-refractivity contribution in [2.45, 2.75) is 148 Å². The molecule has 1 rings (SSSR count). The normalized spacial score (nSPS) is 17.8. The Balaban J connectivity index is 2.02. The zero-order chi connectivity index (χ0) is 26.7. The summed E-state index contributed by atoms with van der Waals surface area (Å²) in [7, 11) is 0. The molecular formula is C33H61NO3.